The van der Waals surface area contributed by atoms with Crippen LogP contribution in [0.3, 0.4) is 0 Å². The molecule has 1 unspecified atom stereocenters. The third kappa shape index (κ3) is 4.02. The van der Waals surface area contributed by atoms with E-state index >= 15 is 0 Å². The quantitative estimate of drug-likeness (QED) is 0.794. The molecule has 7 heteroatoms. The van der Waals surface area contributed by atoms with Crippen molar-refractivity contribution < 1.29 is 23.0 Å². The van der Waals surface area contributed by atoms with Crippen LogP contribution < -0.4 is 4.74 Å². The fourth-order valence-corrected chi connectivity index (χ4v) is 2.87. The first-order chi connectivity index (χ1) is 11.5. The molecule has 1 amide bonds. The van der Waals surface area contributed by atoms with Crippen molar-refractivity contribution >= 4 is 5.91 Å². The van der Waals surface area contributed by atoms with E-state index in [9.17, 15) is 13.6 Å². The van der Waals surface area contributed by atoms with E-state index in [0.717, 1.165) is 6.07 Å². The summed E-state index contributed by atoms with van der Waals surface area (Å²) in [5, 5.41) is 0. The standard InChI is InChI=1S/C17H24F2N2O3/c1-4-24-14-6-5-13(18)15(16(14)19)17(22)21-9-7-20(8-10-21)12(2)11-23-3/h5-6,12H,4,7-11H2,1-3H3. The Kier molecular flexibility index (Phi) is 6.51. The summed E-state index contributed by atoms with van der Waals surface area (Å²) >= 11 is 0. The third-order valence-electron chi connectivity index (χ3n) is 4.20. The summed E-state index contributed by atoms with van der Waals surface area (Å²) in [7, 11) is 1.65. The lowest BCUT2D eigenvalue weighted by atomic mass is 10.1. The van der Waals surface area contributed by atoms with E-state index in [1.165, 1.54) is 11.0 Å². The first kappa shape index (κ1) is 18.6. The second kappa shape index (κ2) is 8.39. The molecule has 0 spiro atoms. The Morgan fingerprint density at radius 1 is 1.25 bits per heavy atom. The Morgan fingerprint density at radius 3 is 2.50 bits per heavy atom. The van der Waals surface area contributed by atoms with Crippen molar-refractivity contribution in [1.29, 1.82) is 0 Å². The normalized spacial score (nSPS) is 17.0. The number of amides is 1. The Hall–Kier alpha value is -1.73. The van der Waals surface area contributed by atoms with Crippen molar-refractivity contribution in [3.63, 3.8) is 0 Å². The first-order valence-electron chi connectivity index (χ1n) is 8.12. The Morgan fingerprint density at radius 2 is 1.92 bits per heavy atom. The maximum atomic E-state index is 14.4. The molecule has 0 saturated carbocycles. The van der Waals surface area contributed by atoms with E-state index in [-0.39, 0.29) is 18.4 Å². The fourth-order valence-electron chi connectivity index (χ4n) is 2.87. The van der Waals surface area contributed by atoms with Gasteiger partial charge in [0, 0.05) is 39.3 Å². The number of halogens is 2. The highest BCUT2D eigenvalue weighted by atomic mass is 19.1. The van der Waals surface area contributed by atoms with E-state index in [1.807, 2.05) is 6.92 Å². The molecule has 1 atom stereocenters. The molecule has 2 rings (SSSR count). The van der Waals surface area contributed by atoms with E-state index in [4.69, 9.17) is 9.47 Å². The summed E-state index contributed by atoms with van der Waals surface area (Å²) in [6, 6.07) is 2.51. The van der Waals surface area contributed by atoms with Crippen molar-refractivity contribution in [2.45, 2.75) is 19.9 Å². The molecular weight excluding hydrogens is 318 g/mol. The number of methoxy groups -OCH3 is 1. The van der Waals surface area contributed by atoms with Crippen LogP contribution in [0.15, 0.2) is 12.1 Å². The smallest absolute Gasteiger partial charge is 0.260 e. The van der Waals surface area contributed by atoms with Gasteiger partial charge in [0.1, 0.15) is 11.4 Å². The molecule has 1 fully saturated rings. The number of nitrogens with zero attached hydrogens (tertiary/aromatic N) is 2. The number of carbonyl (C=O) groups excluding carboxylic acids is 1. The van der Waals surface area contributed by atoms with Gasteiger partial charge in [-0.2, -0.15) is 0 Å². The van der Waals surface area contributed by atoms with Crippen LogP contribution in [-0.4, -0.2) is 68.3 Å². The van der Waals surface area contributed by atoms with Crippen LogP contribution in [0.5, 0.6) is 5.75 Å². The second-order valence-corrected chi connectivity index (χ2v) is 5.80. The van der Waals surface area contributed by atoms with Crippen LogP contribution >= 0.6 is 0 Å². The molecule has 24 heavy (non-hydrogen) atoms. The number of hydrogen-bond acceptors (Lipinski definition) is 4. The molecule has 5 nitrogen and oxygen atoms in total. The minimum absolute atomic E-state index is 0.102. The Labute approximate surface area is 141 Å². The van der Waals surface area contributed by atoms with Crippen LogP contribution in [0.2, 0.25) is 0 Å². The third-order valence-corrected chi connectivity index (χ3v) is 4.20. The number of ether oxygens (including phenoxy) is 2. The van der Waals surface area contributed by atoms with Crippen LogP contribution in [0.1, 0.15) is 24.2 Å². The van der Waals surface area contributed by atoms with Crippen molar-refractivity contribution in [3.05, 3.63) is 29.3 Å². The van der Waals surface area contributed by atoms with Crippen LogP contribution in [-0.2, 0) is 4.74 Å². The first-order valence-corrected chi connectivity index (χ1v) is 8.12. The molecule has 0 bridgehead atoms. The predicted molar refractivity (Wildman–Crippen MR) is 86.3 cm³/mol. The van der Waals surface area contributed by atoms with Gasteiger partial charge in [0.15, 0.2) is 11.6 Å². The number of piperazine rings is 1. The average molecular weight is 342 g/mol. The number of rotatable bonds is 6. The van der Waals surface area contributed by atoms with Crippen molar-refractivity contribution in [2.24, 2.45) is 0 Å². The lowest BCUT2D eigenvalue weighted by molar-refractivity contribution is 0.0442. The van der Waals surface area contributed by atoms with Gasteiger partial charge in [-0.3, -0.25) is 9.69 Å². The minimum Gasteiger partial charge on any atom is -0.491 e. The summed E-state index contributed by atoms with van der Waals surface area (Å²) in [4.78, 5) is 16.2. The molecule has 1 aromatic carbocycles. The molecule has 134 valence electrons. The zero-order valence-corrected chi connectivity index (χ0v) is 14.3. The van der Waals surface area contributed by atoms with Gasteiger partial charge in [-0.15, -0.1) is 0 Å². The van der Waals surface area contributed by atoms with Gasteiger partial charge in [0.2, 0.25) is 0 Å². The van der Waals surface area contributed by atoms with Crippen LogP contribution in [0.25, 0.3) is 0 Å². The van der Waals surface area contributed by atoms with Gasteiger partial charge in [-0.1, -0.05) is 0 Å². The molecule has 0 radical (unpaired) electrons. The van der Waals surface area contributed by atoms with E-state index in [0.29, 0.717) is 32.8 Å². The Balaban J connectivity index is 2.09. The van der Waals surface area contributed by atoms with Gasteiger partial charge >= 0.3 is 0 Å². The van der Waals surface area contributed by atoms with Gasteiger partial charge < -0.3 is 14.4 Å². The summed E-state index contributed by atoms with van der Waals surface area (Å²) in [6.07, 6.45) is 0. The molecule has 1 heterocycles. The molecule has 0 N–H and O–H groups in total. The van der Waals surface area contributed by atoms with Crippen molar-refractivity contribution in [1.82, 2.24) is 9.80 Å². The Bertz CT molecular complexity index is 575. The molecule has 1 saturated heterocycles. The minimum atomic E-state index is -0.933. The second-order valence-electron chi connectivity index (χ2n) is 5.80. The number of benzene rings is 1. The number of carbonyl (C=O) groups is 1. The van der Waals surface area contributed by atoms with Crippen molar-refractivity contribution in [2.75, 3.05) is 46.5 Å². The summed E-state index contributed by atoms with van der Waals surface area (Å²) in [5.41, 5.74) is -0.542. The maximum Gasteiger partial charge on any atom is 0.260 e. The van der Waals surface area contributed by atoms with E-state index in [1.54, 1.807) is 14.0 Å². The van der Waals surface area contributed by atoms with Gasteiger partial charge in [-0.05, 0) is 26.0 Å². The molecule has 0 aromatic heterocycles. The van der Waals surface area contributed by atoms with Crippen LogP contribution in [0, 0.1) is 11.6 Å². The molecule has 1 aliphatic heterocycles. The summed E-state index contributed by atoms with van der Waals surface area (Å²) in [6.45, 7) is 6.72. The summed E-state index contributed by atoms with van der Waals surface area (Å²) in [5.74, 6) is -2.53. The summed E-state index contributed by atoms with van der Waals surface area (Å²) < 4.78 is 38.6. The lowest BCUT2D eigenvalue weighted by Gasteiger charge is -2.37. The van der Waals surface area contributed by atoms with Gasteiger partial charge in [-0.25, -0.2) is 8.78 Å². The van der Waals surface area contributed by atoms with E-state index < -0.39 is 23.1 Å². The maximum absolute atomic E-state index is 14.4. The highest BCUT2D eigenvalue weighted by Crippen LogP contribution is 2.25. The monoisotopic (exact) mass is 342 g/mol. The zero-order chi connectivity index (χ0) is 17.7. The molecule has 1 aromatic rings. The molecule has 0 aliphatic carbocycles. The highest BCUT2D eigenvalue weighted by molar-refractivity contribution is 5.95. The SMILES string of the molecule is CCOc1ccc(F)c(C(=O)N2CCN(C(C)COC)CC2)c1F. The average Bonchev–Trinajstić information content (AvgIpc) is 2.58. The zero-order valence-electron chi connectivity index (χ0n) is 14.3. The molecular formula is C17H24F2N2O3. The van der Waals surface area contributed by atoms with Gasteiger partial charge in [0.05, 0.1) is 13.2 Å². The molecule has 1 aliphatic rings. The van der Waals surface area contributed by atoms with Gasteiger partial charge in [0.25, 0.3) is 5.91 Å². The van der Waals surface area contributed by atoms with E-state index in [2.05, 4.69) is 4.90 Å². The predicted octanol–water partition coefficient (Wildman–Crippen LogP) is 2.16. The largest absolute Gasteiger partial charge is 0.491 e. The topological polar surface area (TPSA) is 42.0 Å². The lowest BCUT2D eigenvalue weighted by Crippen LogP contribution is -2.52. The van der Waals surface area contributed by atoms with Crippen LogP contribution in [0.4, 0.5) is 8.78 Å². The van der Waals surface area contributed by atoms with Crippen molar-refractivity contribution in [3.8, 4) is 5.75 Å². The highest BCUT2D eigenvalue weighted by Gasteiger charge is 2.29. The number of hydrogen-bond donors (Lipinski definition) is 0. The fraction of sp³-hybridized carbons (Fsp3) is 0.588.